The molecule has 5 heteroatoms. The van der Waals surface area contributed by atoms with Crippen LogP contribution in [0.5, 0.6) is 40.2 Å². The van der Waals surface area contributed by atoms with E-state index in [1.165, 1.54) is 30.3 Å². The van der Waals surface area contributed by atoms with Gasteiger partial charge in [0, 0.05) is 18.2 Å². The van der Waals surface area contributed by atoms with Gasteiger partial charge in [0.2, 0.25) is 0 Å². The molecular weight excluding hydrogens is 296 g/mol. The summed E-state index contributed by atoms with van der Waals surface area (Å²) in [6.45, 7) is 0. The second kappa shape index (κ2) is 6.19. The summed E-state index contributed by atoms with van der Waals surface area (Å²) in [5.74, 6) is 1.55. The summed E-state index contributed by atoms with van der Waals surface area (Å²) in [5, 5.41) is 28.9. The Morgan fingerprint density at radius 3 is 1.70 bits per heavy atom. The van der Waals surface area contributed by atoms with Crippen molar-refractivity contribution >= 4 is 0 Å². The zero-order valence-corrected chi connectivity index (χ0v) is 12.0. The lowest BCUT2D eigenvalue weighted by Gasteiger charge is -2.10. The SMILES string of the molecule is Oc1cccc(Oc2ccc(Oc3cccc(O)c3)c(O)c2)c1. The fraction of sp³-hybridized carbons (Fsp3) is 0. The largest absolute Gasteiger partial charge is 0.508 e. The van der Waals surface area contributed by atoms with Crippen LogP contribution in [0.25, 0.3) is 0 Å². The molecule has 3 aromatic rings. The van der Waals surface area contributed by atoms with E-state index in [0.717, 1.165) is 0 Å². The minimum atomic E-state index is -0.106. The third kappa shape index (κ3) is 3.65. The van der Waals surface area contributed by atoms with Crippen LogP contribution in [-0.4, -0.2) is 15.3 Å². The van der Waals surface area contributed by atoms with Crippen LogP contribution < -0.4 is 9.47 Å². The minimum absolute atomic E-state index is 0.0748. The summed E-state index contributed by atoms with van der Waals surface area (Å²) in [6, 6.07) is 17.2. The normalized spacial score (nSPS) is 10.3. The molecule has 0 radical (unpaired) electrons. The van der Waals surface area contributed by atoms with Gasteiger partial charge in [0.05, 0.1) is 0 Å². The van der Waals surface area contributed by atoms with Gasteiger partial charge in [-0.15, -0.1) is 0 Å². The molecule has 0 aliphatic heterocycles. The molecule has 0 spiro atoms. The Labute approximate surface area is 132 Å². The van der Waals surface area contributed by atoms with Crippen molar-refractivity contribution in [3.8, 4) is 40.2 Å². The lowest BCUT2D eigenvalue weighted by Crippen LogP contribution is -1.87. The van der Waals surface area contributed by atoms with Gasteiger partial charge < -0.3 is 24.8 Å². The van der Waals surface area contributed by atoms with Crippen LogP contribution in [0.2, 0.25) is 0 Å². The maximum atomic E-state index is 10.0. The molecule has 5 nitrogen and oxygen atoms in total. The molecule has 0 aliphatic carbocycles. The molecule has 0 atom stereocenters. The summed E-state index contributed by atoms with van der Waals surface area (Å²) in [6.07, 6.45) is 0. The summed E-state index contributed by atoms with van der Waals surface area (Å²) < 4.78 is 11.1. The maximum Gasteiger partial charge on any atom is 0.169 e. The quantitative estimate of drug-likeness (QED) is 0.666. The van der Waals surface area contributed by atoms with E-state index in [0.29, 0.717) is 17.2 Å². The Balaban J connectivity index is 1.78. The Morgan fingerprint density at radius 2 is 1.13 bits per heavy atom. The molecule has 116 valence electrons. The predicted molar refractivity (Wildman–Crippen MR) is 84.5 cm³/mol. The molecule has 3 N–H and O–H groups in total. The molecule has 0 saturated carbocycles. The number of phenolic OH excluding ortho intramolecular Hbond substituents is 3. The van der Waals surface area contributed by atoms with Gasteiger partial charge in [-0.1, -0.05) is 12.1 Å². The number of rotatable bonds is 4. The van der Waals surface area contributed by atoms with Crippen molar-refractivity contribution in [2.75, 3.05) is 0 Å². The van der Waals surface area contributed by atoms with Gasteiger partial charge in [-0.3, -0.25) is 0 Å². The summed E-state index contributed by atoms with van der Waals surface area (Å²) >= 11 is 0. The van der Waals surface area contributed by atoms with Crippen molar-refractivity contribution in [2.45, 2.75) is 0 Å². The van der Waals surface area contributed by atoms with Crippen molar-refractivity contribution in [2.24, 2.45) is 0 Å². The first kappa shape index (κ1) is 14.6. The number of ether oxygens (including phenoxy) is 2. The lowest BCUT2D eigenvalue weighted by molar-refractivity contribution is 0.401. The predicted octanol–water partition coefficient (Wildman–Crippen LogP) is 4.39. The zero-order chi connectivity index (χ0) is 16.2. The zero-order valence-electron chi connectivity index (χ0n) is 12.0. The van der Waals surface area contributed by atoms with E-state index in [9.17, 15) is 15.3 Å². The fourth-order valence-electron chi connectivity index (χ4n) is 2.00. The van der Waals surface area contributed by atoms with Gasteiger partial charge in [0.15, 0.2) is 11.5 Å². The number of aromatic hydroxyl groups is 3. The highest BCUT2D eigenvalue weighted by Crippen LogP contribution is 2.36. The third-order valence-electron chi connectivity index (χ3n) is 3.03. The molecule has 0 amide bonds. The number of phenols is 3. The second-order valence-corrected chi connectivity index (χ2v) is 4.83. The molecule has 0 heterocycles. The molecule has 0 fully saturated rings. The Bertz CT molecular complexity index is 829. The highest BCUT2D eigenvalue weighted by Gasteiger charge is 2.07. The van der Waals surface area contributed by atoms with Crippen LogP contribution in [0.15, 0.2) is 66.7 Å². The van der Waals surface area contributed by atoms with Crippen molar-refractivity contribution in [3.05, 3.63) is 66.7 Å². The van der Waals surface area contributed by atoms with E-state index in [1.807, 2.05) is 0 Å². The van der Waals surface area contributed by atoms with Crippen LogP contribution >= 0.6 is 0 Å². The standard InChI is InChI=1S/C18H14O5/c19-12-3-1-5-14(9-12)22-16-7-8-18(17(21)11-16)23-15-6-2-4-13(20)10-15/h1-11,19-21H. The Kier molecular flexibility index (Phi) is 3.93. The monoisotopic (exact) mass is 310 g/mol. The van der Waals surface area contributed by atoms with E-state index < -0.39 is 0 Å². The molecule has 3 aromatic carbocycles. The van der Waals surface area contributed by atoms with Gasteiger partial charge >= 0.3 is 0 Å². The van der Waals surface area contributed by atoms with Gasteiger partial charge in [0.25, 0.3) is 0 Å². The van der Waals surface area contributed by atoms with E-state index in [2.05, 4.69) is 0 Å². The maximum absolute atomic E-state index is 10.0. The first-order valence-corrected chi connectivity index (χ1v) is 6.87. The van der Waals surface area contributed by atoms with E-state index in [1.54, 1.807) is 36.4 Å². The highest BCUT2D eigenvalue weighted by atomic mass is 16.5. The number of benzene rings is 3. The minimum Gasteiger partial charge on any atom is -0.508 e. The molecule has 0 aromatic heterocycles. The second-order valence-electron chi connectivity index (χ2n) is 4.83. The van der Waals surface area contributed by atoms with Crippen LogP contribution in [0.3, 0.4) is 0 Å². The summed E-state index contributed by atoms with van der Waals surface area (Å²) in [4.78, 5) is 0. The molecule has 0 unspecified atom stereocenters. The van der Waals surface area contributed by atoms with Crippen LogP contribution in [0, 0.1) is 0 Å². The summed E-state index contributed by atoms with van der Waals surface area (Å²) in [7, 11) is 0. The van der Waals surface area contributed by atoms with Gasteiger partial charge in [0.1, 0.15) is 28.7 Å². The Morgan fingerprint density at radius 1 is 0.565 bits per heavy atom. The topological polar surface area (TPSA) is 79.2 Å². The fourth-order valence-corrected chi connectivity index (χ4v) is 2.00. The van der Waals surface area contributed by atoms with Crippen LogP contribution in [-0.2, 0) is 0 Å². The van der Waals surface area contributed by atoms with Gasteiger partial charge in [-0.05, 0) is 36.4 Å². The van der Waals surface area contributed by atoms with Crippen molar-refractivity contribution in [3.63, 3.8) is 0 Å². The average Bonchev–Trinajstić information content (AvgIpc) is 2.50. The van der Waals surface area contributed by atoms with Crippen molar-refractivity contribution in [1.82, 2.24) is 0 Å². The number of hydrogen-bond acceptors (Lipinski definition) is 5. The van der Waals surface area contributed by atoms with E-state index in [-0.39, 0.29) is 23.0 Å². The Hall–Kier alpha value is -3.34. The molecule has 0 saturated heterocycles. The smallest absolute Gasteiger partial charge is 0.169 e. The van der Waals surface area contributed by atoms with Gasteiger partial charge in [-0.25, -0.2) is 0 Å². The average molecular weight is 310 g/mol. The molecule has 23 heavy (non-hydrogen) atoms. The van der Waals surface area contributed by atoms with Crippen molar-refractivity contribution in [1.29, 1.82) is 0 Å². The highest BCUT2D eigenvalue weighted by molar-refractivity contribution is 5.48. The molecule has 0 aliphatic rings. The van der Waals surface area contributed by atoms with E-state index >= 15 is 0 Å². The van der Waals surface area contributed by atoms with Crippen LogP contribution in [0.1, 0.15) is 0 Å². The van der Waals surface area contributed by atoms with Crippen molar-refractivity contribution < 1.29 is 24.8 Å². The lowest BCUT2D eigenvalue weighted by atomic mass is 10.3. The first-order chi connectivity index (χ1) is 11.1. The molecule has 0 bridgehead atoms. The van der Waals surface area contributed by atoms with Gasteiger partial charge in [-0.2, -0.15) is 0 Å². The molecule has 3 rings (SSSR count). The first-order valence-electron chi connectivity index (χ1n) is 6.87. The van der Waals surface area contributed by atoms with E-state index in [4.69, 9.17) is 9.47 Å². The summed E-state index contributed by atoms with van der Waals surface area (Å²) in [5.41, 5.74) is 0. The molecular formula is C18H14O5. The van der Waals surface area contributed by atoms with Crippen LogP contribution in [0.4, 0.5) is 0 Å². The number of hydrogen-bond donors (Lipinski definition) is 3. The third-order valence-corrected chi connectivity index (χ3v) is 3.03.